The second-order valence-electron chi connectivity index (χ2n) is 6.91. The van der Waals surface area contributed by atoms with E-state index < -0.39 is 0 Å². The number of hydrogen-bond acceptors (Lipinski definition) is 7. The normalized spacial score (nSPS) is 9.82. The van der Waals surface area contributed by atoms with Crippen LogP contribution in [0.1, 0.15) is 15.9 Å². The van der Waals surface area contributed by atoms with Gasteiger partial charge in [0.1, 0.15) is 34.5 Å². The monoisotopic (exact) mass is 448 g/mol. The molecule has 0 aliphatic rings. The molecule has 164 valence electrons. The molecule has 0 fully saturated rings. The Morgan fingerprint density at radius 2 is 0.735 bits per heavy atom. The van der Waals surface area contributed by atoms with Crippen molar-refractivity contribution in [2.75, 3.05) is 0 Å². The van der Waals surface area contributed by atoms with Gasteiger partial charge in [-0.3, -0.25) is 4.79 Å². The van der Waals surface area contributed by atoms with Gasteiger partial charge in [0.15, 0.2) is 5.78 Å². The largest absolute Gasteiger partial charge is 0.457 e. The summed E-state index contributed by atoms with van der Waals surface area (Å²) in [6, 6.07) is 26.9. The molecule has 4 aromatic rings. The number of hydrogen-bond donors (Lipinski definition) is 0. The zero-order valence-electron chi connectivity index (χ0n) is 17.7. The highest BCUT2D eigenvalue weighted by Crippen LogP contribution is 2.26. The summed E-state index contributed by atoms with van der Waals surface area (Å²) in [5.41, 5.74) is 1.04. The predicted octanol–water partition coefficient (Wildman–Crippen LogP) is 6.22. The Morgan fingerprint density at radius 1 is 0.471 bits per heavy atom. The van der Waals surface area contributed by atoms with Gasteiger partial charge in [-0.05, 0) is 97.1 Å². The van der Waals surface area contributed by atoms with Crippen LogP contribution in [0.3, 0.4) is 0 Å². The molecule has 0 aliphatic carbocycles. The minimum atomic E-state index is -0.130. The van der Waals surface area contributed by atoms with E-state index >= 15 is 0 Å². The first-order valence-electron chi connectivity index (χ1n) is 10.1. The molecule has 0 aromatic heterocycles. The van der Waals surface area contributed by atoms with E-state index in [0.29, 0.717) is 45.6 Å². The van der Waals surface area contributed by atoms with Gasteiger partial charge in [-0.1, -0.05) is 0 Å². The fraction of sp³-hybridized carbons (Fsp3) is 0. The van der Waals surface area contributed by atoms with Gasteiger partial charge in [0.05, 0.1) is 0 Å². The van der Waals surface area contributed by atoms with Crippen molar-refractivity contribution in [2.24, 2.45) is 0 Å². The van der Waals surface area contributed by atoms with Crippen LogP contribution in [0.25, 0.3) is 0 Å². The summed E-state index contributed by atoms with van der Waals surface area (Å²) < 4.78 is 21.0. The lowest BCUT2D eigenvalue weighted by Crippen LogP contribution is -2.01. The van der Waals surface area contributed by atoms with E-state index in [4.69, 9.17) is 29.5 Å². The number of carbonyl (C=O) groups is 1. The molecule has 7 nitrogen and oxygen atoms in total. The molecule has 0 atom stereocenters. The van der Waals surface area contributed by atoms with Crippen LogP contribution in [-0.4, -0.2) is 5.78 Å². The van der Waals surface area contributed by atoms with E-state index in [2.05, 4.69) is 0 Å². The van der Waals surface area contributed by atoms with Crippen LogP contribution in [0.15, 0.2) is 97.1 Å². The lowest BCUT2D eigenvalue weighted by Gasteiger charge is -2.08. The van der Waals surface area contributed by atoms with Gasteiger partial charge in [0.2, 0.25) is 0 Å². The van der Waals surface area contributed by atoms with Crippen molar-refractivity contribution in [3.63, 3.8) is 0 Å². The number of carbonyl (C=O) groups excluding carboxylic acids is 1. The van der Waals surface area contributed by atoms with Gasteiger partial charge in [-0.25, -0.2) is 0 Å². The highest BCUT2D eigenvalue weighted by Gasteiger charge is 2.10. The molecule has 0 saturated heterocycles. The van der Waals surface area contributed by atoms with Crippen LogP contribution >= 0.6 is 0 Å². The first kappa shape index (κ1) is 21.9. The van der Waals surface area contributed by atoms with Crippen molar-refractivity contribution < 1.29 is 23.7 Å². The van der Waals surface area contributed by atoms with Crippen molar-refractivity contribution in [1.29, 1.82) is 10.5 Å². The topological polar surface area (TPSA) is 102 Å². The lowest BCUT2D eigenvalue weighted by atomic mass is 10.0. The van der Waals surface area contributed by atoms with E-state index in [-0.39, 0.29) is 5.78 Å². The second kappa shape index (κ2) is 10.4. The van der Waals surface area contributed by atoms with Crippen LogP contribution < -0.4 is 18.9 Å². The van der Waals surface area contributed by atoms with Crippen LogP contribution in [0.4, 0.5) is 0 Å². The Hall–Kier alpha value is -5.27. The number of benzene rings is 4. The maximum Gasteiger partial charge on any atom is 0.292 e. The molecule has 0 amide bonds. The first-order valence-corrected chi connectivity index (χ1v) is 10.1. The fourth-order valence-electron chi connectivity index (χ4n) is 3.04. The second-order valence-corrected chi connectivity index (χ2v) is 6.91. The molecule has 0 bridgehead atoms. The third-order valence-corrected chi connectivity index (χ3v) is 4.68. The SMILES string of the molecule is N#COc1ccc(Oc2ccc(C(=O)c3ccc(Oc4ccc(OC#N)cc4)cc3)cc2)cc1. The molecule has 0 N–H and O–H groups in total. The summed E-state index contributed by atoms with van der Waals surface area (Å²) in [6.07, 6.45) is 3.22. The molecule has 0 saturated carbocycles. The van der Waals surface area contributed by atoms with Crippen molar-refractivity contribution in [3.8, 4) is 47.0 Å². The molecular weight excluding hydrogens is 432 g/mol. The predicted molar refractivity (Wildman–Crippen MR) is 122 cm³/mol. The van der Waals surface area contributed by atoms with Crippen molar-refractivity contribution >= 4 is 5.78 Å². The standard InChI is InChI=1S/C27H16N2O5/c28-17-31-21-9-13-25(14-10-21)33-23-5-1-19(2-6-23)27(30)20-3-7-24(8-4-20)34-26-15-11-22(12-16-26)32-18-29/h1-16H. The molecule has 4 rings (SSSR count). The molecule has 34 heavy (non-hydrogen) atoms. The Balaban J connectivity index is 1.37. The van der Waals surface area contributed by atoms with Crippen molar-refractivity contribution in [1.82, 2.24) is 0 Å². The third-order valence-electron chi connectivity index (χ3n) is 4.68. The van der Waals surface area contributed by atoms with E-state index in [9.17, 15) is 4.79 Å². The molecule has 0 spiro atoms. The summed E-state index contributed by atoms with van der Waals surface area (Å²) in [4.78, 5) is 12.8. The molecule has 4 aromatic carbocycles. The quantitative estimate of drug-likeness (QED) is 0.233. The lowest BCUT2D eigenvalue weighted by molar-refractivity contribution is 0.103. The van der Waals surface area contributed by atoms with Crippen LogP contribution in [0.2, 0.25) is 0 Å². The average molecular weight is 448 g/mol. The maximum atomic E-state index is 12.8. The molecule has 0 radical (unpaired) electrons. The average Bonchev–Trinajstić information content (AvgIpc) is 2.87. The molecule has 0 unspecified atom stereocenters. The van der Waals surface area contributed by atoms with Gasteiger partial charge < -0.3 is 18.9 Å². The molecule has 0 aliphatic heterocycles. The van der Waals surface area contributed by atoms with Gasteiger partial charge in [-0.15, -0.1) is 10.5 Å². The number of nitriles is 2. The summed E-state index contributed by atoms with van der Waals surface area (Å²) >= 11 is 0. The number of rotatable bonds is 8. The Kier molecular flexibility index (Phi) is 6.69. The Bertz CT molecular complexity index is 1240. The van der Waals surface area contributed by atoms with Crippen molar-refractivity contribution in [2.45, 2.75) is 0 Å². The minimum Gasteiger partial charge on any atom is -0.457 e. The van der Waals surface area contributed by atoms with E-state index in [1.165, 1.54) is 0 Å². The zero-order chi connectivity index (χ0) is 23.8. The number of ether oxygens (including phenoxy) is 4. The minimum absolute atomic E-state index is 0.130. The van der Waals surface area contributed by atoms with Gasteiger partial charge in [0, 0.05) is 11.1 Å². The van der Waals surface area contributed by atoms with Crippen LogP contribution in [-0.2, 0) is 0 Å². The van der Waals surface area contributed by atoms with Gasteiger partial charge in [-0.2, -0.15) is 0 Å². The number of ketones is 1. The van der Waals surface area contributed by atoms with Gasteiger partial charge in [0.25, 0.3) is 12.5 Å². The Labute approximate surface area is 195 Å². The van der Waals surface area contributed by atoms with E-state index in [0.717, 1.165) is 0 Å². The number of nitrogens with zero attached hydrogens (tertiary/aromatic N) is 2. The molecule has 7 heteroatoms. The van der Waals surface area contributed by atoms with E-state index in [1.54, 1.807) is 110 Å². The van der Waals surface area contributed by atoms with Gasteiger partial charge >= 0.3 is 0 Å². The summed E-state index contributed by atoms with van der Waals surface area (Å²) in [5.74, 6) is 3.01. The smallest absolute Gasteiger partial charge is 0.292 e. The van der Waals surface area contributed by atoms with Crippen molar-refractivity contribution in [3.05, 3.63) is 108 Å². The summed E-state index contributed by atoms with van der Waals surface area (Å²) in [7, 11) is 0. The maximum absolute atomic E-state index is 12.8. The first-order chi connectivity index (χ1) is 16.6. The Morgan fingerprint density at radius 3 is 1.03 bits per heavy atom. The molecule has 0 heterocycles. The summed E-state index contributed by atoms with van der Waals surface area (Å²) in [5, 5.41) is 17.1. The highest BCUT2D eigenvalue weighted by atomic mass is 16.5. The highest BCUT2D eigenvalue weighted by molar-refractivity contribution is 6.09. The summed E-state index contributed by atoms with van der Waals surface area (Å²) in [6.45, 7) is 0. The zero-order valence-corrected chi connectivity index (χ0v) is 17.7. The van der Waals surface area contributed by atoms with Crippen LogP contribution in [0, 0.1) is 23.0 Å². The fourth-order valence-corrected chi connectivity index (χ4v) is 3.04. The third kappa shape index (κ3) is 5.50. The van der Waals surface area contributed by atoms with E-state index in [1.807, 2.05) is 0 Å². The molecular formula is C27H16N2O5. The van der Waals surface area contributed by atoms with Crippen LogP contribution in [0.5, 0.6) is 34.5 Å².